The Morgan fingerprint density at radius 2 is 1.71 bits per heavy atom. The van der Waals surface area contributed by atoms with E-state index in [1.807, 2.05) is 0 Å². The normalized spacial score (nSPS) is 26.1. The van der Waals surface area contributed by atoms with Crippen LogP contribution < -0.4 is 0 Å². The third-order valence-electron chi connectivity index (χ3n) is 5.11. The maximum atomic E-state index is 13.2. The predicted molar refractivity (Wildman–Crippen MR) is 93.4 cm³/mol. The molecule has 8 heteroatoms. The Balaban J connectivity index is 2.04. The van der Waals surface area contributed by atoms with Gasteiger partial charge in [-0.1, -0.05) is 24.4 Å². The molecule has 2 aliphatic rings. The summed E-state index contributed by atoms with van der Waals surface area (Å²) in [5.74, 6) is 0.402. The first-order chi connectivity index (χ1) is 11.2. The van der Waals surface area contributed by atoms with Crippen molar-refractivity contribution in [2.45, 2.75) is 54.4 Å². The van der Waals surface area contributed by atoms with Crippen LogP contribution in [0.15, 0.2) is 28.0 Å². The Kier molecular flexibility index (Phi) is 4.99. The van der Waals surface area contributed by atoms with Crippen molar-refractivity contribution in [3.05, 3.63) is 23.2 Å². The smallest absolute Gasteiger partial charge is 0.224 e. The van der Waals surface area contributed by atoms with E-state index in [-0.39, 0.29) is 20.9 Å². The number of piperidine rings is 1. The lowest BCUT2D eigenvalue weighted by molar-refractivity contribution is 0.129. The van der Waals surface area contributed by atoms with Gasteiger partial charge in [0.05, 0.1) is 9.92 Å². The number of sulfonamides is 1. The van der Waals surface area contributed by atoms with E-state index in [2.05, 4.69) is 0 Å². The molecule has 2 fully saturated rings. The first-order valence-corrected chi connectivity index (χ1v) is 11.9. The van der Waals surface area contributed by atoms with Crippen LogP contribution in [-0.2, 0) is 19.9 Å². The fraction of sp³-hybridized carbons (Fsp3) is 0.625. The van der Waals surface area contributed by atoms with E-state index in [9.17, 15) is 16.8 Å². The van der Waals surface area contributed by atoms with Crippen LogP contribution in [0.1, 0.15) is 38.5 Å². The van der Waals surface area contributed by atoms with Crippen LogP contribution >= 0.6 is 11.6 Å². The van der Waals surface area contributed by atoms with Crippen LogP contribution in [-0.4, -0.2) is 40.0 Å². The fourth-order valence-electron chi connectivity index (χ4n) is 3.92. The Morgan fingerprint density at radius 3 is 2.42 bits per heavy atom. The van der Waals surface area contributed by atoms with Crippen molar-refractivity contribution in [3.8, 4) is 0 Å². The van der Waals surface area contributed by atoms with Crippen molar-refractivity contribution in [3.63, 3.8) is 0 Å². The van der Waals surface area contributed by atoms with Gasteiger partial charge in [-0.15, -0.1) is 0 Å². The lowest BCUT2D eigenvalue weighted by Gasteiger charge is -2.43. The lowest BCUT2D eigenvalue weighted by Crippen LogP contribution is -2.49. The summed E-state index contributed by atoms with van der Waals surface area (Å²) in [7, 11) is -7.31. The summed E-state index contributed by atoms with van der Waals surface area (Å²) >= 11 is 6.12. The second-order valence-corrected chi connectivity index (χ2v) is 11.0. The van der Waals surface area contributed by atoms with Crippen LogP contribution in [0.25, 0.3) is 0 Å². The monoisotopic (exact) mass is 391 g/mol. The zero-order valence-electron chi connectivity index (χ0n) is 13.6. The van der Waals surface area contributed by atoms with Crippen LogP contribution in [0.2, 0.25) is 5.02 Å². The first kappa shape index (κ1) is 18.2. The molecule has 0 bridgehead atoms. The molecule has 0 N–H and O–H groups in total. The second-order valence-electron chi connectivity index (χ2n) is 6.73. The number of halogens is 1. The van der Waals surface area contributed by atoms with Gasteiger partial charge in [0.15, 0.2) is 9.84 Å². The topological polar surface area (TPSA) is 71.5 Å². The zero-order chi connectivity index (χ0) is 17.5. The molecule has 1 saturated heterocycles. The molecule has 1 aromatic rings. The largest absolute Gasteiger partial charge is 0.244 e. The molecule has 3 rings (SSSR count). The Labute approximate surface area is 149 Å². The van der Waals surface area contributed by atoms with E-state index in [4.69, 9.17) is 11.6 Å². The minimum absolute atomic E-state index is 0.00968. The fourth-order valence-corrected chi connectivity index (χ4v) is 6.89. The highest BCUT2D eigenvalue weighted by Crippen LogP contribution is 2.39. The Bertz CT molecular complexity index is 834. The van der Waals surface area contributed by atoms with Gasteiger partial charge in [-0.25, -0.2) is 16.8 Å². The molecule has 0 spiro atoms. The van der Waals surface area contributed by atoms with E-state index in [1.54, 1.807) is 4.31 Å². The average Bonchev–Trinajstić information content (AvgIpc) is 2.53. The molecule has 134 valence electrons. The average molecular weight is 392 g/mol. The third kappa shape index (κ3) is 3.36. The van der Waals surface area contributed by atoms with Crippen molar-refractivity contribution in [1.29, 1.82) is 0 Å². The quantitative estimate of drug-likeness (QED) is 0.793. The van der Waals surface area contributed by atoms with Gasteiger partial charge in [0, 0.05) is 18.8 Å². The van der Waals surface area contributed by atoms with Crippen LogP contribution in [0.4, 0.5) is 0 Å². The van der Waals surface area contributed by atoms with Crippen molar-refractivity contribution < 1.29 is 16.8 Å². The first-order valence-electron chi connectivity index (χ1n) is 8.23. The molecular formula is C16H22ClNO4S2. The molecule has 1 heterocycles. The molecule has 0 radical (unpaired) electrons. The van der Waals surface area contributed by atoms with Crippen LogP contribution in [0, 0.1) is 5.92 Å². The molecule has 24 heavy (non-hydrogen) atoms. The van der Waals surface area contributed by atoms with Crippen molar-refractivity contribution in [2.75, 3.05) is 12.8 Å². The molecule has 1 aromatic carbocycles. The molecule has 5 nitrogen and oxygen atoms in total. The molecule has 1 saturated carbocycles. The highest BCUT2D eigenvalue weighted by molar-refractivity contribution is 7.91. The number of rotatable bonds is 3. The maximum Gasteiger partial charge on any atom is 0.244 e. The summed E-state index contributed by atoms with van der Waals surface area (Å²) in [5, 5.41) is 0.0698. The summed E-state index contributed by atoms with van der Waals surface area (Å²) in [6.45, 7) is 0.475. The van der Waals surface area contributed by atoms with E-state index in [0.717, 1.165) is 44.8 Å². The predicted octanol–water partition coefficient (Wildman–Crippen LogP) is 3.09. The number of nitrogens with zero attached hydrogens (tertiary/aromatic N) is 1. The molecule has 2 atom stereocenters. The Morgan fingerprint density at radius 1 is 1.04 bits per heavy atom. The summed E-state index contributed by atoms with van der Waals surface area (Å²) in [5.41, 5.74) is 0. The summed E-state index contributed by atoms with van der Waals surface area (Å²) in [6, 6.07) is 3.90. The molecule has 0 amide bonds. The third-order valence-corrected chi connectivity index (χ3v) is 8.63. The van der Waals surface area contributed by atoms with Gasteiger partial charge in [-0.3, -0.25) is 0 Å². The number of hydrogen-bond donors (Lipinski definition) is 0. The van der Waals surface area contributed by atoms with Crippen LogP contribution in [0.5, 0.6) is 0 Å². The molecule has 1 aliphatic carbocycles. The minimum Gasteiger partial charge on any atom is -0.224 e. The van der Waals surface area contributed by atoms with E-state index >= 15 is 0 Å². The van der Waals surface area contributed by atoms with E-state index < -0.39 is 19.9 Å². The van der Waals surface area contributed by atoms with Gasteiger partial charge in [-0.05, 0) is 49.8 Å². The van der Waals surface area contributed by atoms with Crippen molar-refractivity contribution >= 4 is 31.5 Å². The highest BCUT2D eigenvalue weighted by Gasteiger charge is 2.40. The lowest BCUT2D eigenvalue weighted by atomic mass is 9.79. The van der Waals surface area contributed by atoms with E-state index in [0.29, 0.717) is 12.5 Å². The van der Waals surface area contributed by atoms with Gasteiger partial charge in [-0.2, -0.15) is 4.31 Å². The summed E-state index contributed by atoms with van der Waals surface area (Å²) in [6.07, 6.45) is 7.08. The number of sulfone groups is 1. The highest BCUT2D eigenvalue weighted by atomic mass is 35.5. The standard InChI is InChI=1S/C16H22ClNO4S2/c1-23(19,20)13-8-9-14(17)16(11-13)24(21,22)18-10-4-6-12-5-2-3-7-15(12)18/h8-9,11-12,15H,2-7,10H2,1H3. The van der Waals surface area contributed by atoms with Crippen LogP contribution in [0.3, 0.4) is 0 Å². The van der Waals surface area contributed by atoms with Gasteiger partial charge in [0.2, 0.25) is 10.0 Å². The molecule has 2 unspecified atom stereocenters. The summed E-state index contributed by atoms with van der Waals surface area (Å²) < 4.78 is 51.5. The van der Waals surface area contributed by atoms with Gasteiger partial charge >= 0.3 is 0 Å². The molecule has 1 aliphatic heterocycles. The van der Waals surface area contributed by atoms with Gasteiger partial charge in [0.1, 0.15) is 4.90 Å². The molecular weight excluding hydrogens is 370 g/mol. The zero-order valence-corrected chi connectivity index (χ0v) is 16.0. The van der Waals surface area contributed by atoms with Crippen molar-refractivity contribution in [1.82, 2.24) is 4.31 Å². The van der Waals surface area contributed by atoms with Gasteiger partial charge in [0.25, 0.3) is 0 Å². The van der Waals surface area contributed by atoms with Gasteiger partial charge < -0.3 is 0 Å². The van der Waals surface area contributed by atoms with E-state index in [1.165, 1.54) is 18.2 Å². The summed E-state index contributed by atoms with van der Waals surface area (Å²) in [4.78, 5) is -0.124. The minimum atomic E-state index is -3.81. The Hall–Kier alpha value is -0.630. The number of fused-ring (bicyclic) bond motifs is 1. The maximum absolute atomic E-state index is 13.2. The second kappa shape index (κ2) is 6.59. The van der Waals surface area contributed by atoms with Crippen molar-refractivity contribution in [2.24, 2.45) is 5.92 Å². The SMILES string of the molecule is CS(=O)(=O)c1ccc(Cl)c(S(=O)(=O)N2CCCC3CCCCC32)c1. The number of benzene rings is 1. The molecule has 0 aromatic heterocycles. The number of hydrogen-bond acceptors (Lipinski definition) is 4.